The number of fused-ring (bicyclic) bond motifs is 1. The molecular weight excluding hydrogens is 554 g/mol. The van der Waals surface area contributed by atoms with Crippen LogP contribution in [0.3, 0.4) is 0 Å². The molecular formula is C29H14F10O. The van der Waals surface area contributed by atoms with Gasteiger partial charge in [-0.15, -0.1) is 0 Å². The zero-order valence-corrected chi connectivity index (χ0v) is 20.0. The molecule has 4 aromatic carbocycles. The quantitative estimate of drug-likeness (QED) is 0.133. The minimum atomic E-state index is -5.02. The lowest BCUT2D eigenvalue weighted by Crippen LogP contribution is -2.25. The van der Waals surface area contributed by atoms with E-state index in [0.717, 1.165) is 24.1 Å². The molecule has 40 heavy (non-hydrogen) atoms. The van der Waals surface area contributed by atoms with Gasteiger partial charge < -0.3 is 4.74 Å². The predicted octanol–water partition coefficient (Wildman–Crippen LogP) is 9.06. The van der Waals surface area contributed by atoms with Crippen molar-refractivity contribution in [3.05, 3.63) is 112 Å². The summed E-state index contributed by atoms with van der Waals surface area (Å²) in [5.74, 6) is -5.65. The van der Waals surface area contributed by atoms with Crippen LogP contribution in [0.1, 0.15) is 27.8 Å². The van der Waals surface area contributed by atoms with Crippen LogP contribution in [0.4, 0.5) is 43.9 Å². The Labute approximate surface area is 220 Å². The molecule has 0 N–H and O–H groups in total. The standard InChI is InChI=1S/C29H14F10O/c1-15-2-4-17(22(30)10-15)5-3-16-11-24(32)26(25(33)12-16)29(38,39)40-19-6-7-20-18(13-19)14-23(31)21(27(20)34)8-9-28(35,36)37/h2-7,10-14H,1H3/b5-3+. The SMILES string of the molecule is Cc1ccc(/C=C/c2cc(F)c(C(F)(F)Oc3ccc4c(F)c(C#CC(F)(F)F)c(F)cc4c3)c(F)c2)c(F)c1. The lowest BCUT2D eigenvalue weighted by atomic mass is 10.0. The lowest BCUT2D eigenvalue weighted by molar-refractivity contribution is -0.189. The molecule has 0 aliphatic heterocycles. The highest BCUT2D eigenvalue weighted by atomic mass is 19.4. The van der Waals surface area contributed by atoms with Gasteiger partial charge in [-0.05, 0) is 65.9 Å². The third kappa shape index (κ3) is 6.22. The van der Waals surface area contributed by atoms with Crippen molar-refractivity contribution in [2.75, 3.05) is 0 Å². The van der Waals surface area contributed by atoms with Gasteiger partial charge in [0.1, 0.15) is 40.4 Å². The van der Waals surface area contributed by atoms with E-state index in [1.54, 1.807) is 13.0 Å². The molecule has 4 rings (SSSR count). The molecule has 0 heterocycles. The third-order valence-electron chi connectivity index (χ3n) is 5.54. The summed E-state index contributed by atoms with van der Waals surface area (Å²) >= 11 is 0. The molecule has 0 aromatic heterocycles. The molecule has 0 fully saturated rings. The maximum atomic E-state index is 14.8. The molecule has 0 bridgehead atoms. The van der Waals surface area contributed by atoms with E-state index in [9.17, 15) is 43.9 Å². The van der Waals surface area contributed by atoms with Crippen molar-refractivity contribution in [3.63, 3.8) is 0 Å². The molecule has 4 aromatic rings. The molecule has 206 valence electrons. The number of aryl methyl sites for hydroxylation is 1. The second-order valence-corrected chi connectivity index (χ2v) is 8.51. The fourth-order valence-corrected chi connectivity index (χ4v) is 3.74. The second kappa shape index (κ2) is 10.6. The van der Waals surface area contributed by atoms with E-state index in [2.05, 4.69) is 4.74 Å². The van der Waals surface area contributed by atoms with E-state index < -0.39 is 69.0 Å². The van der Waals surface area contributed by atoms with Gasteiger partial charge in [0.15, 0.2) is 0 Å². The first-order valence-electron chi connectivity index (χ1n) is 11.2. The first-order chi connectivity index (χ1) is 18.6. The maximum absolute atomic E-state index is 14.8. The van der Waals surface area contributed by atoms with Crippen LogP contribution in [0.25, 0.3) is 22.9 Å². The van der Waals surface area contributed by atoms with Gasteiger partial charge in [-0.1, -0.05) is 30.2 Å². The molecule has 0 saturated heterocycles. The van der Waals surface area contributed by atoms with Gasteiger partial charge in [-0.3, -0.25) is 0 Å². The average molecular weight is 568 g/mol. The van der Waals surface area contributed by atoms with Gasteiger partial charge in [0.2, 0.25) is 0 Å². The van der Waals surface area contributed by atoms with Gasteiger partial charge in [0, 0.05) is 16.9 Å². The summed E-state index contributed by atoms with van der Waals surface area (Å²) in [6, 6.07) is 8.21. The number of rotatable bonds is 5. The number of benzene rings is 4. The summed E-state index contributed by atoms with van der Waals surface area (Å²) in [7, 11) is 0. The summed E-state index contributed by atoms with van der Waals surface area (Å²) in [4.78, 5) is 0. The largest absolute Gasteiger partial charge is 0.458 e. The normalized spacial score (nSPS) is 12.1. The Bertz CT molecular complexity index is 1690. The Kier molecular flexibility index (Phi) is 7.57. The first kappa shape index (κ1) is 28.5. The summed E-state index contributed by atoms with van der Waals surface area (Å²) in [6.45, 7) is 1.66. The van der Waals surface area contributed by atoms with Gasteiger partial charge in [-0.2, -0.15) is 22.0 Å². The summed E-state index contributed by atoms with van der Waals surface area (Å²) in [6.07, 6.45) is -7.31. The van der Waals surface area contributed by atoms with Gasteiger partial charge >= 0.3 is 12.3 Å². The molecule has 0 spiro atoms. The van der Waals surface area contributed by atoms with Crippen molar-refractivity contribution in [3.8, 4) is 17.6 Å². The Morgan fingerprint density at radius 2 is 1.40 bits per heavy atom. The Morgan fingerprint density at radius 1 is 0.725 bits per heavy atom. The van der Waals surface area contributed by atoms with Crippen molar-refractivity contribution in [1.82, 2.24) is 0 Å². The van der Waals surface area contributed by atoms with Crippen molar-refractivity contribution in [1.29, 1.82) is 0 Å². The van der Waals surface area contributed by atoms with Crippen LogP contribution in [0.5, 0.6) is 5.75 Å². The number of hydrogen-bond donors (Lipinski definition) is 0. The van der Waals surface area contributed by atoms with Crippen LogP contribution < -0.4 is 4.74 Å². The monoisotopic (exact) mass is 568 g/mol. The van der Waals surface area contributed by atoms with Crippen LogP contribution in [-0.4, -0.2) is 6.18 Å². The smallest absolute Gasteiger partial charge is 0.429 e. The van der Waals surface area contributed by atoms with E-state index in [1.807, 2.05) is 0 Å². The second-order valence-electron chi connectivity index (χ2n) is 8.51. The molecule has 1 nitrogen and oxygen atoms in total. The molecule has 0 radical (unpaired) electrons. The van der Waals surface area contributed by atoms with E-state index >= 15 is 0 Å². The predicted molar refractivity (Wildman–Crippen MR) is 128 cm³/mol. The molecule has 0 amide bonds. The Morgan fingerprint density at radius 3 is 2.02 bits per heavy atom. The van der Waals surface area contributed by atoms with Crippen LogP contribution in [-0.2, 0) is 6.11 Å². The number of ether oxygens (including phenoxy) is 1. The van der Waals surface area contributed by atoms with Crippen LogP contribution in [0.2, 0.25) is 0 Å². The number of hydrogen-bond acceptors (Lipinski definition) is 1. The summed E-state index contributed by atoms with van der Waals surface area (Å²) in [5.41, 5.74) is -2.42. The molecule has 0 aliphatic carbocycles. The van der Waals surface area contributed by atoms with E-state index in [0.29, 0.717) is 29.8 Å². The highest BCUT2D eigenvalue weighted by molar-refractivity contribution is 5.86. The topological polar surface area (TPSA) is 9.23 Å². The zero-order chi connectivity index (χ0) is 29.4. The molecule has 0 saturated carbocycles. The molecule has 11 heteroatoms. The Balaban J connectivity index is 1.63. The number of halogens is 10. The lowest BCUT2D eigenvalue weighted by Gasteiger charge is -2.20. The minimum Gasteiger partial charge on any atom is -0.429 e. The van der Waals surface area contributed by atoms with Gasteiger partial charge in [0.05, 0.1) is 5.56 Å². The molecule has 0 atom stereocenters. The Hall–Kier alpha value is -4.46. The fraction of sp³-hybridized carbons (Fsp3) is 0.103. The van der Waals surface area contributed by atoms with Gasteiger partial charge in [0.25, 0.3) is 0 Å². The van der Waals surface area contributed by atoms with E-state index in [1.165, 1.54) is 24.1 Å². The highest BCUT2D eigenvalue weighted by Gasteiger charge is 2.41. The van der Waals surface area contributed by atoms with Crippen LogP contribution in [0.15, 0.2) is 54.6 Å². The van der Waals surface area contributed by atoms with Crippen molar-refractivity contribution < 1.29 is 48.6 Å². The van der Waals surface area contributed by atoms with Crippen LogP contribution >= 0.6 is 0 Å². The number of alkyl halides is 5. The first-order valence-corrected chi connectivity index (χ1v) is 11.2. The molecule has 0 unspecified atom stereocenters. The molecule has 0 aliphatic rings. The van der Waals surface area contributed by atoms with E-state index in [4.69, 9.17) is 0 Å². The van der Waals surface area contributed by atoms with Gasteiger partial charge in [-0.25, -0.2) is 22.0 Å². The summed E-state index contributed by atoms with van der Waals surface area (Å²) in [5, 5.41) is -0.868. The van der Waals surface area contributed by atoms with Crippen LogP contribution in [0, 0.1) is 47.9 Å². The van der Waals surface area contributed by atoms with Crippen molar-refractivity contribution >= 4 is 22.9 Å². The maximum Gasteiger partial charge on any atom is 0.458 e. The zero-order valence-electron chi connectivity index (χ0n) is 20.0. The highest BCUT2D eigenvalue weighted by Crippen LogP contribution is 2.37. The van der Waals surface area contributed by atoms with E-state index in [-0.39, 0.29) is 11.1 Å². The third-order valence-corrected chi connectivity index (χ3v) is 5.54. The van der Waals surface area contributed by atoms with Crippen molar-refractivity contribution in [2.45, 2.75) is 19.2 Å². The minimum absolute atomic E-state index is 0.0906. The van der Waals surface area contributed by atoms with Crippen molar-refractivity contribution in [2.24, 2.45) is 0 Å². The summed E-state index contributed by atoms with van der Waals surface area (Å²) < 4.78 is 143. The fourth-order valence-electron chi connectivity index (χ4n) is 3.74. The average Bonchev–Trinajstić information content (AvgIpc) is 2.81.